The first-order chi connectivity index (χ1) is 5.57. The van der Waals surface area contributed by atoms with E-state index in [1.165, 1.54) is 4.91 Å². The first-order valence-corrected chi connectivity index (χ1v) is 5.69. The van der Waals surface area contributed by atoms with E-state index in [2.05, 4.69) is 13.2 Å². The van der Waals surface area contributed by atoms with Gasteiger partial charge in [0.05, 0.1) is 4.99 Å². The lowest BCUT2D eigenvalue weighted by molar-refractivity contribution is 0.716. The van der Waals surface area contributed by atoms with Crippen LogP contribution in [0.2, 0.25) is 0 Å². The standard InChI is InChI=1S/C8H11NS3/c1-5-6(12-3)4-7(10)9(2)8(5)11/h4-5H,1-3H3. The van der Waals surface area contributed by atoms with Crippen molar-refractivity contribution in [2.75, 3.05) is 13.3 Å². The molecule has 0 aromatic rings. The number of thioether (sulfide) groups is 1. The van der Waals surface area contributed by atoms with Crippen LogP contribution in [0.5, 0.6) is 0 Å². The van der Waals surface area contributed by atoms with Gasteiger partial charge in [-0.1, -0.05) is 31.4 Å². The largest absolute Gasteiger partial charge is 0.330 e. The van der Waals surface area contributed by atoms with E-state index in [0.717, 1.165) is 9.98 Å². The molecular formula is C8H11NS3. The van der Waals surface area contributed by atoms with Crippen LogP contribution in [-0.4, -0.2) is 28.2 Å². The molecule has 12 heavy (non-hydrogen) atoms. The number of nitrogens with zero attached hydrogens (tertiary/aromatic N) is 1. The van der Waals surface area contributed by atoms with Gasteiger partial charge in [-0.2, -0.15) is 0 Å². The molecule has 0 amide bonds. The maximum absolute atomic E-state index is 5.26. The van der Waals surface area contributed by atoms with Crippen LogP contribution in [0, 0.1) is 5.92 Å². The summed E-state index contributed by atoms with van der Waals surface area (Å²) in [5.41, 5.74) is 0. The second kappa shape index (κ2) is 3.85. The van der Waals surface area contributed by atoms with Gasteiger partial charge < -0.3 is 4.90 Å². The fourth-order valence-corrected chi connectivity index (χ4v) is 2.45. The average molecular weight is 217 g/mol. The van der Waals surface area contributed by atoms with Gasteiger partial charge in [0, 0.05) is 13.0 Å². The molecule has 1 aliphatic heterocycles. The number of thiocarbonyl (C=S) groups is 2. The smallest absolute Gasteiger partial charge is 0.107 e. The highest BCUT2D eigenvalue weighted by Crippen LogP contribution is 2.28. The van der Waals surface area contributed by atoms with Crippen molar-refractivity contribution in [3.05, 3.63) is 11.0 Å². The first kappa shape index (κ1) is 10.2. The summed E-state index contributed by atoms with van der Waals surface area (Å²) in [6, 6.07) is 0. The molecule has 1 heterocycles. The van der Waals surface area contributed by atoms with Crippen molar-refractivity contribution in [2.45, 2.75) is 6.92 Å². The van der Waals surface area contributed by atoms with Crippen molar-refractivity contribution in [2.24, 2.45) is 5.92 Å². The molecule has 0 bridgehead atoms. The van der Waals surface area contributed by atoms with Crippen LogP contribution in [-0.2, 0) is 0 Å². The second-order valence-corrected chi connectivity index (χ2v) is 4.42. The van der Waals surface area contributed by atoms with Gasteiger partial charge in [-0.25, -0.2) is 0 Å². The molecule has 66 valence electrons. The maximum atomic E-state index is 5.26. The van der Waals surface area contributed by atoms with Crippen LogP contribution in [0.15, 0.2) is 11.0 Å². The Kier molecular flexibility index (Phi) is 3.26. The molecule has 0 fully saturated rings. The fraction of sp³-hybridized carbons (Fsp3) is 0.500. The van der Waals surface area contributed by atoms with Gasteiger partial charge in [-0.05, 0) is 17.2 Å². The lowest BCUT2D eigenvalue weighted by Gasteiger charge is -2.29. The summed E-state index contributed by atoms with van der Waals surface area (Å²) < 4.78 is 0. The van der Waals surface area contributed by atoms with Gasteiger partial charge in [-0.3, -0.25) is 0 Å². The third-order valence-corrected chi connectivity index (χ3v) is 3.92. The van der Waals surface area contributed by atoms with Gasteiger partial charge in [0.15, 0.2) is 0 Å². The normalized spacial score (nSPS) is 24.4. The third kappa shape index (κ3) is 1.70. The molecule has 0 saturated heterocycles. The van der Waals surface area contributed by atoms with E-state index in [0.29, 0.717) is 5.92 Å². The molecule has 1 atom stereocenters. The summed E-state index contributed by atoms with van der Waals surface area (Å²) in [4.78, 5) is 4.91. The summed E-state index contributed by atoms with van der Waals surface area (Å²) in [5, 5.41) is 0. The van der Waals surface area contributed by atoms with E-state index in [1.807, 2.05) is 18.0 Å². The van der Waals surface area contributed by atoms with E-state index in [-0.39, 0.29) is 0 Å². The summed E-state index contributed by atoms with van der Waals surface area (Å²) in [5.74, 6) is 0.340. The molecule has 1 aliphatic rings. The monoisotopic (exact) mass is 217 g/mol. The zero-order valence-corrected chi connectivity index (χ0v) is 9.78. The number of rotatable bonds is 1. The average Bonchev–Trinajstić information content (AvgIpc) is 2.08. The van der Waals surface area contributed by atoms with E-state index in [9.17, 15) is 0 Å². The van der Waals surface area contributed by atoms with Crippen molar-refractivity contribution in [3.8, 4) is 0 Å². The second-order valence-electron chi connectivity index (χ2n) is 2.71. The Labute approximate surface area is 88.2 Å². The Morgan fingerprint density at radius 3 is 2.58 bits per heavy atom. The van der Waals surface area contributed by atoms with Gasteiger partial charge >= 0.3 is 0 Å². The van der Waals surface area contributed by atoms with Gasteiger partial charge in [0.2, 0.25) is 0 Å². The predicted molar refractivity (Wildman–Crippen MR) is 63.7 cm³/mol. The molecular weight excluding hydrogens is 206 g/mol. The van der Waals surface area contributed by atoms with Crippen molar-refractivity contribution in [3.63, 3.8) is 0 Å². The van der Waals surface area contributed by atoms with Gasteiger partial charge in [0.1, 0.15) is 4.99 Å². The highest BCUT2D eigenvalue weighted by molar-refractivity contribution is 8.02. The molecule has 1 unspecified atom stereocenters. The third-order valence-electron chi connectivity index (χ3n) is 1.96. The number of hydrogen-bond acceptors (Lipinski definition) is 3. The van der Waals surface area contributed by atoms with Gasteiger partial charge in [0.25, 0.3) is 0 Å². The van der Waals surface area contributed by atoms with Crippen molar-refractivity contribution in [1.82, 2.24) is 4.90 Å². The van der Waals surface area contributed by atoms with Gasteiger partial charge in [-0.15, -0.1) is 11.8 Å². The van der Waals surface area contributed by atoms with Crippen LogP contribution in [0.4, 0.5) is 0 Å². The SMILES string of the molecule is CSC1=CC(=S)N(C)C(=S)C1C. The summed E-state index contributed by atoms with van der Waals surface area (Å²) in [6.45, 7) is 2.11. The molecule has 0 aromatic heterocycles. The zero-order valence-electron chi connectivity index (χ0n) is 7.33. The molecule has 0 spiro atoms. The summed E-state index contributed by atoms with van der Waals surface area (Å²) >= 11 is 12.1. The summed E-state index contributed by atoms with van der Waals surface area (Å²) in [7, 11) is 1.93. The molecule has 0 N–H and O–H groups in total. The Balaban J connectivity index is 3.00. The van der Waals surface area contributed by atoms with Crippen molar-refractivity contribution in [1.29, 1.82) is 0 Å². The van der Waals surface area contributed by atoms with Crippen LogP contribution < -0.4 is 0 Å². The highest BCUT2D eigenvalue weighted by atomic mass is 32.2. The molecule has 4 heteroatoms. The fourth-order valence-electron chi connectivity index (χ4n) is 1.10. The first-order valence-electron chi connectivity index (χ1n) is 3.65. The molecule has 0 radical (unpaired) electrons. The van der Waals surface area contributed by atoms with Crippen molar-refractivity contribution >= 4 is 46.2 Å². The minimum absolute atomic E-state index is 0.340. The van der Waals surface area contributed by atoms with Crippen LogP contribution >= 0.6 is 36.2 Å². The lowest BCUT2D eigenvalue weighted by Crippen LogP contribution is -2.37. The lowest BCUT2D eigenvalue weighted by atomic mass is 10.1. The van der Waals surface area contributed by atoms with Crippen LogP contribution in [0.25, 0.3) is 0 Å². The molecule has 1 rings (SSSR count). The maximum Gasteiger partial charge on any atom is 0.107 e. The molecule has 1 nitrogen and oxygen atoms in total. The Bertz CT molecular complexity index is 257. The minimum atomic E-state index is 0.340. The Morgan fingerprint density at radius 2 is 2.08 bits per heavy atom. The van der Waals surface area contributed by atoms with Crippen LogP contribution in [0.3, 0.4) is 0 Å². The Hall–Kier alpha value is 0.0700. The van der Waals surface area contributed by atoms with E-state index < -0.39 is 0 Å². The van der Waals surface area contributed by atoms with Crippen LogP contribution in [0.1, 0.15) is 6.92 Å². The van der Waals surface area contributed by atoms with E-state index in [1.54, 1.807) is 11.8 Å². The topological polar surface area (TPSA) is 3.24 Å². The predicted octanol–water partition coefficient (Wildman–Crippen LogP) is 2.47. The zero-order chi connectivity index (χ0) is 9.30. The molecule has 0 aromatic carbocycles. The highest BCUT2D eigenvalue weighted by Gasteiger charge is 2.23. The quantitative estimate of drug-likeness (QED) is 0.620. The number of likely N-dealkylation sites (N-methyl/N-ethyl adjacent to an activating group) is 1. The van der Waals surface area contributed by atoms with Crippen molar-refractivity contribution < 1.29 is 0 Å². The minimum Gasteiger partial charge on any atom is -0.330 e. The van der Waals surface area contributed by atoms with E-state index in [4.69, 9.17) is 24.4 Å². The Morgan fingerprint density at radius 1 is 1.50 bits per heavy atom. The number of hydrogen-bond donors (Lipinski definition) is 0. The molecule has 0 aliphatic carbocycles. The summed E-state index contributed by atoms with van der Waals surface area (Å²) in [6.07, 6.45) is 4.08. The molecule has 0 saturated carbocycles. The van der Waals surface area contributed by atoms with E-state index >= 15 is 0 Å².